The van der Waals surface area contributed by atoms with Crippen molar-refractivity contribution in [1.29, 1.82) is 0 Å². The fraction of sp³-hybridized carbons (Fsp3) is 0.163. The molecule has 1 aromatic heterocycles. The van der Waals surface area contributed by atoms with Crippen molar-refractivity contribution in [3.8, 4) is 0 Å². The zero-order valence-corrected chi connectivity index (χ0v) is 30.5. The van der Waals surface area contributed by atoms with Gasteiger partial charge in [-0.1, -0.05) is 91.0 Å². The van der Waals surface area contributed by atoms with Gasteiger partial charge in [0.15, 0.2) is 0 Å². The third kappa shape index (κ3) is 7.74. The molecule has 10 heteroatoms. The van der Waals surface area contributed by atoms with Gasteiger partial charge >= 0.3 is 11.9 Å². The lowest BCUT2D eigenvalue weighted by Gasteiger charge is -2.23. The first-order valence-corrected chi connectivity index (χ1v) is 19.1. The van der Waals surface area contributed by atoms with E-state index < -0.39 is 23.1 Å². The zero-order chi connectivity index (χ0) is 36.9. The molecule has 0 saturated carbocycles. The molecule has 0 radical (unpaired) electrons. The maximum absolute atomic E-state index is 14.3. The molecule has 3 N–H and O–H groups in total. The highest BCUT2D eigenvalue weighted by atomic mass is 32.2. The Kier molecular flexibility index (Phi) is 10.7. The van der Waals surface area contributed by atoms with Crippen molar-refractivity contribution in [3.63, 3.8) is 0 Å². The lowest BCUT2D eigenvalue weighted by Crippen LogP contribution is -2.20. The van der Waals surface area contributed by atoms with E-state index in [1.54, 1.807) is 55.5 Å². The highest BCUT2D eigenvalue weighted by molar-refractivity contribution is 8.00. The van der Waals surface area contributed by atoms with Crippen LogP contribution in [0.5, 0.6) is 0 Å². The first kappa shape index (κ1) is 35.7. The van der Waals surface area contributed by atoms with Crippen LogP contribution in [0.3, 0.4) is 0 Å². The Balaban J connectivity index is 1.16. The third-order valence-electron chi connectivity index (χ3n) is 9.32. The molecule has 7 rings (SSSR count). The molecule has 0 fully saturated rings. The van der Waals surface area contributed by atoms with Gasteiger partial charge in [0.1, 0.15) is 10.3 Å². The quantitative estimate of drug-likeness (QED) is 0.0893. The van der Waals surface area contributed by atoms with E-state index in [1.165, 1.54) is 34.7 Å². The summed E-state index contributed by atoms with van der Waals surface area (Å²) in [6.45, 7) is 1.99. The minimum atomic E-state index is -1.12. The topological polar surface area (TPSA) is 122 Å². The van der Waals surface area contributed by atoms with E-state index in [4.69, 9.17) is 4.74 Å². The molecule has 2 atom stereocenters. The van der Waals surface area contributed by atoms with Crippen molar-refractivity contribution in [2.45, 2.75) is 42.2 Å². The molecule has 0 bridgehead atoms. The molecule has 2 unspecified atom stereocenters. The number of hydrogen-bond acceptors (Lipinski definition) is 7. The van der Waals surface area contributed by atoms with Gasteiger partial charge in [0.25, 0.3) is 5.91 Å². The van der Waals surface area contributed by atoms with Crippen LogP contribution >= 0.6 is 23.1 Å². The van der Waals surface area contributed by atoms with Gasteiger partial charge in [-0.2, -0.15) is 0 Å². The van der Waals surface area contributed by atoms with Crippen molar-refractivity contribution < 1.29 is 29.0 Å². The zero-order valence-electron chi connectivity index (χ0n) is 28.8. The normalized spacial score (nSPS) is 14.2. The van der Waals surface area contributed by atoms with E-state index in [9.17, 15) is 24.3 Å². The van der Waals surface area contributed by atoms with Crippen LogP contribution in [0.1, 0.15) is 77.2 Å². The predicted octanol–water partition coefficient (Wildman–Crippen LogP) is 9.77. The summed E-state index contributed by atoms with van der Waals surface area (Å²) in [7, 11) is 0. The van der Waals surface area contributed by atoms with Crippen LogP contribution in [0.2, 0.25) is 0 Å². The first-order valence-electron chi connectivity index (χ1n) is 17.4. The molecule has 1 aliphatic rings. The summed E-state index contributed by atoms with van der Waals surface area (Å²) < 4.78 is 5.49. The Labute approximate surface area is 315 Å². The van der Waals surface area contributed by atoms with Gasteiger partial charge in [-0.15, -0.1) is 23.1 Å². The molecule has 0 spiro atoms. The largest absolute Gasteiger partial charge is 0.478 e. The second-order valence-electron chi connectivity index (χ2n) is 12.7. The van der Waals surface area contributed by atoms with Crippen LogP contribution in [0.25, 0.3) is 10.8 Å². The predicted molar refractivity (Wildman–Crippen MR) is 210 cm³/mol. The lowest BCUT2D eigenvalue weighted by atomic mass is 9.83. The Bertz CT molecular complexity index is 2320. The van der Waals surface area contributed by atoms with Gasteiger partial charge in [0.05, 0.1) is 17.7 Å². The van der Waals surface area contributed by atoms with Crippen molar-refractivity contribution in [1.82, 2.24) is 0 Å². The molecule has 2 amide bonds. The maximum atomic E-state index is 14.3. The molecule has 1 heterocycles. The molecule has 53 heavy (non-hydrogen) atoms. The van der Waals surface area contributed by atoms with Gasteiger partial charge in [-0.05, 0) is 84.5 Å². The van der Waals surface area contributed by atoms with Crippen molar-refractivity contribution in [2.24, 2.45) is 0 Å². The Morgan fingerprint density at radius 2 is 1.55 bits per heavy atom. The Morgan fingerprint density at radius 1 is 0.849 bits per heavy atom. The number of aromatic carboxylic acids is 1. The van der Waals surface area contributed by atoms with Crippen molar-refractivity contribution in [3.05, 3.63) is 160 Å². The molecule has 6 aromatic rings. The highest BCUT2D eigenvalue weighted by Crippen LogP contribution is 2.44. The van der Waals surface area contributed by atoms with E-state index in [0.29, 0.717) is 39.4 Å². The highest BCUT2D eigenvalue weighted by Gasteiger charge is 2.32. The minimum absolute atomic E-state index is 0.0444. The number of hydrogen-bond donors (Lipinski definition) is 3. The number of anilines is 2. The van der Waals surface area contributed by atoms with Crippen LogP contribution < -0.4 is 10.6 Å². The van der Waals surface area contributed by atoms with Crippen LogP contribution in [-0.4, -0.2) is 35.5 Å². The number of benzene rings is 5. The average Bonchev–Trinajstić information content (AvgIpc) is 3.54. The number of nitrogens with one attached hydrogen (secondary N) is 2. The molecule has 5 aromatic carbocycles. The fourth-order valence-electron chi connectivity index (χ4n) is 6.87. The number of carbonyl (C=O) groups is 4. The molecule has 1 aliphatic carbocycles. The smallest absolute Gasteiger partial charge is 0.341 e. The number of fused-ring (bicyclic) bond motifs is 2. The number of carboxylic acid groups (broad SMARTS) is 1. The SMILES string of the molecule is CCOC(=O)c1c(NC(=O)C(Sc2cccc(NC(=O)c3cccc4cccc(C(=O)O)c34)c2)c2ccccc2)sc2c1CCC(c1ccccc1)C2. The minimum Gasteiger partial charge on any atom is -0.478 e. The average molecular weight is 741 g/mol. The number of thioether (sulfide) groups is 1. The fourth-order valence-corrected chi connectivity index (χ4v) is 9.27. The standard InChI is InChI=1S/C43H36N2O6S2/c1-2-51-43(50)37-32-23-22-29(26-12-5-3-6-13-26)24-35(32)53-41(37)45-40(47)38(28-14-7-4-8-15-28)52-31-19-11-18-30(25-31)44-39(46)33-20-9-16-27-17-10-21-34(36(27)33)42(48)49/h3-21,25,29,38H,2,22-24H2,1H3,(H,44,46)(H,45,47)(H,48,49). The summed E-state index contributed by atoms with van der Waals surface area (Å²) in [4.78, 5) is 55.1. The summed E-state index contributed by atoms with van der Waals surface area (Å²) in [5.74, 6) is -1.98. The third-order valence-corrected chi connectivity index (χ3v) is 11.7. The summed E-state index contributed by atoms with van der Waals surface area (Å²) in [5, 5.41) is 16.6. The maximum Gasteiger partial charge on any atom is 0.341 e. The van der Waals surface area contributed by atoms with E-state index in [1.807, 2.05) is 54.6 Å². The van der Waals surface area contributed by atoms with Crippen LogP contribution in [-0.2, 0) is 22.4 Å². The first-order chi connectivity index (χ1) is 25.8. The van der Waals surface area contributed by atoms with Crippen LogP contribution in [0.4, 0.5) is 10.7 Å². The molecule has 8 nitrogen and oxygen atoms in total. The van der Waals surface area contributed by atoms with Gasteiger partial charge in [0, 0.05) is 26.4 Å². The van der Waals surface area contributed by atoms with Gasteiger partial charge in [0.2, 0.25) is 5.91 Å². The number of ether oxygens (including phenoxy) is 1. The van der Waals surface area contributed by atoms with Gasteiger partial charge < -0.3 is 20.5 Å². The second kappa shape index (κ2) is 15.9. The number of thiophene rings is 1. The lowest BCUT2D eigenvalue weighted by molar-refractivity contribution is -0.115. The van der Waals surface area contributed by atoms with Crippen LogP contribution in [0.15, 0.2) is 126 Å². The summed E-state index contributed by atoms with van der Waals surface area (Å²) >= 11 is 2.77. The molecular formula is C43H36N2O6S2. The van der Waals surface area contributed by atoms with Gasteiger partial charge in [-0.3, -0.25) is 9.59 Å². The number of rotatable bonds is 11. The van der Waals surface area contributed by atoms with E-state index >= 15 is 0 Å². The summed E-state index contributed by atoms with van der Waals surface area (Å²) in [5.41, 5.74) is 4.19. The van der Waals surface area contributed by atoms with E-state index in [-0.39, 0.29) is 23.6 Å². The number of carboxylic acids is 1. The Morgan fingerprint density at radius 3 is 2.26 bits per heavy atom. The molecule has 0 aliphatic heterocycles. The number of amides is 2. The van der Waals surface area contributed by atoms with Crippen LogP contribution in [0, 0.1) is 0 Å². The molecular weight excluding hydrogens is 705 g/mol. The summed E-state index contributed by atoms with van der Waals surface area (Å²) in [6.07, 6.45) is 2.38. The number of carbonyl (C=O) groups excluding carboxylic acids is 3. The summed E-state index contributed by atoms with van der Waals surface area (Å²) in [6, 6.07) is 37.0. The van der Waals surface area contributed by atoms with E-state index in [0.717, 1.165) is 33.7 Å². The monoisotopic (exact) mass is 740 g/mol. The van der Waals surface area contributed by atoms with Gasteiger partial charge in [-0.25, -0.2) is 9.59 Å². The second-order valence-corrected chi connectivity index (χ2v) is 15.0. The van der Waals surface area contributed by atoms with Crippen molar-refractivity contribution >= 4 is 68.3 Å². The Hall–Kier alpha value is -5.71. The number of esters is 1. The van der Waals surface area contributed by atoms with E-state index in [2.05, 4.69) is 22.8 Å². The van der Waals surface area contributed by atoms with Crippen molar-refractivity contribution in [2.75, 3.05) is 17.2 Å². The molecule has 266 valence electrons. The molecule has 0 saturated heterocycles.